The number of aliphatic hydroxyl groups excluding tert-OH is 1. The molecule has 212 valence electrons. The number of nitrogens with zero attached hydrogens (tertiary/aromatic N) is 1. The van der Waals surface area contributed by atoms with Crippen molar-refractivity contribution in [3.8, 4) is 11.5 Å². The number of fused-ring (bicyclic) bond motifs is 1. The average Bonchev–Trinajstić information content (AvgIpc) is 3.30. The third-order valence-corrected chi connectivity index (χ3v) is 8.09. The van der Waals surface area contributed by atoms with Crippen LogP contribution in [0, 0.1) is 5.92 Å². The van der Waals surface area contributed by atoms with Gasteiger partial charge in [-0.1, -0.05) is 44.2 Å². The number of amides is 1. The van der Waals surface area contributed by atoms with E-state index >= 15 is 0 Å². The summed E-state index contributed by atoms with van der Waals surface area (Å²) >= 11 is 0. The number of benzene rings is 2. The van der Waals surface area contributed by atoms with Crippen LogP contribution < -0.4 is 20.5 Å². The summed E-state index contributed by atoms with van der Waals surface area (Å²) in [5, 5.41) is 14.9. The maximum atomic E-state index is 13.7. The molecule has 0 aliphatic carbocycles. The van der Waals surface area contributed by atoms with E-state index in [-0.39, 0.29) is 61.0 Å². The van der Waals surface area contributed by atoms with E-state index in [1.165, 1.54) is 16.4 Å². The number of hydrogen-bond acceptors (Lipinski definition) is 7. The van der Waals surface area contributed by atoms with Crippen molar-refractivity contribution >= 4 is 28.3 Å². The highest BCUT2D eigenvalue weighted by atomic mass is 35.5. The van der Waals surface area contributed by atoms with Crippen molar-refractivity contribution in [2.24, 2.45) is 11.7 Å². The van der Waals surface area contributed by atoms with Crippen molar-refractivity contribution in [3.63, 3.8) is 0 Å². The molecule has 3 rings (SSSR count). The minimum absolute atomic E-state index is 0. The number of sulfonamides is 1. The molecular weight excluding hydrogens is 530 g/mol. The number of nitrogens with two attached hydrogens (primary N) is 1. The highest BCUT2D eigenvalue weighted by Crippen LogP contribution is 2.35. The Hall–Kier alpha value is -2.37. The molecule has 0 aromatic heterocycles. The van der Waals surface area contributed by atoms with Gasteiger partial charge in [-0.25, -0.2) is 8.42 Å². The van der Waals surface area contributed by atoms with E-state index in [2.05, 4.69) is 5.32 Å². The molecular formula is C27H40ClN3O6S. The van der Waals surface area contributed by atoms with Crippen LogP contribution in [0.3, 0.4) is 0 Å². The van der Waals surface area contributed by atoms with Crippen molar-refractivity contribution < 1.29 is 27.8 Å². The molecule has 0 radical (unpaired) electrons. The topological polar surface area (TPSA) is 131 Å². The third kappa shape index (κ3) is 9.13. The summed E-state index contributed by atoms with van der Waals surface area (Å²) in [5.41, 5.74) is 6.34. The molecule has 0 bridgehead atoms. The standard InChI is InChI=1S/C27H39N3O6S.ClH/c1-19(2)17-30(37(33,34)23-12-13-24-25(16-23)36-18-35-24)27(32)15-22(14-21-9-5-4-6-10-21)29-20(3)8-7-11-26(28)31;/h4-6,9-10,12-13,16,19-20,22,27,29,32H,7-8,11,14-15,17-18H2,1-3H3,(H2,28,31);1H. The lowest BCUT2D eigenvalue weighted by atomic mass is 10.0. The highest BCUT2D eigenvalue weighted by Gasteiger charge is 2.34. The Morgan fingerprint density at radius 2 is 1.79 bits per heavy atom. The maximum Gasteiger partial charge on any atom is 0.245 e. The predicted octanol–water partition coefficient (Wildman–Crippen LogP) is 3.44. The minimum Gasteiger partial charge on any atom is -0.454 e. The molecule has 0 saturated carbocycles. The van der Waals surface area contributed by atoms with Crippen LogP contribution >= 0.6 is 12.4 Å². The van der Waals surface area contributed by atoms with Crippen LogP contribution in [0.4, 0.5) is 0 Å². The number of rotatable bonds is 15. The minimum atomic E-state index is -4.02. The van der Waals surface area contributed by atoms with Crippen LogP contribution in [0.2, 0.25) is 0 Å². The molecule has 2 aromatic carbocycles. The van der Waals surface area contributed by atoms with Gasteiger partial charge in [-0.3, -0.25) is 4.79 Å². The van der Waals surface area contributed by atoms with Crippen LogP contribution in [0.15, 0.2) is 53.4 Å². The zero-order chi connectivity index (χ0) is 27.0. The molecule has 11 heteroatoms. The molecule has 38 heavy (non-hydrogen) atoms. The number of carbonyl (C=O) groups excluding carboxylic acids is 1. The van der Waals surface area contributed by atoms with Crippen molar-refractivity contribution in [3.05, 3.63) is 54.1 Å². The smallest absolute Gasteiger partial charge is 0.245 e. The Morgan fingerprint density at radius 1 is 1.11 bits per heavy atom. The van der Waals surface area contributed by atoms with Gasteiger partial charge in [0.05, 0.1) is 4.90 Å². The second-order valence-electron chi connectivity index (χ2n) is 10.0. The van der Waals surface area contributed by atoms with Gasteiger partial charge in [0.1, 0.15) is 6.23 Å². The van der Waals surface area contributed by atoms with Gasteiger partial charge in [-0.2, -0.15) is 4.31 Å². The van der Waals surface area contributed by atoms with E-state index in [0.29, 0.717) is 30.8 Å². The van der Waals surface area contributed by atoms with Gasteiger partial charge in [0.15, 0.2) is 11.5 Å². The molecule has 2 aromatic rings. The largest absolute Gasteiger partial charge is 0.454 e. The second-order valence-corrected chi connectivity index (χ2v) is 11.9. The van der Waals surface area contributed by atoms with Crippen molar-refractivity contribution in [1.29, 1.82) is 0 Å². The summed E-state index contributed by atoms with van der Waals surface area (Å²) in [6.07, 6.45) is 1.24. The number of ether oxygens (including phenoxy) is 2. The first-order valence-corrected chi connectivity index (χ1v) is 14.2. The molecule has 4 N–H and O–H groups in total. The molecule has 0 spiro atoms. The Balaban J connectivity index is 0.00000507. The van der Waals surface area contributed by atoms with Crippen LogP contribution in [0.5, 0.6) is 11.5 Å². The van der Waals surface area contributed by atoms with Crippen LogP contribution in [0.1, 0.15) is 52.0 Å². The van der Waals surface area contributed by atoms with Crippen LogP contribution in [0.25, 0.3) is 0 Å². The van der Waals surface area contributed by atoms with Crippen LogP contribution in [-0.2, 0) is 21.2 Å². The Kier molecular flexibility index (Phi) is 12.3. The van der Waals surface area contributed by atoms with E-state index in [0.717, 1.165) is 12.0 Å². The summed E-state index contributed by atoms with van der Waals surface area (Å²) in [4.78, 5) is 11.2. The molecule has 1 aliphatic rings. The van der Waals surface area contributed by atoms with Crippen molar-refractivity contribution in [2.45, 2.75) is 76.1 Å². The van der Waals surface area contributed by atoms with E-state index in [1.807, 2.05) is 51.1 Å². The number of carbonyl (C=O) groups is 1. The Labute approximate surface area is 232 Å². The van der Waals surface area contributed by atoms with Crippen LogP contribution in [-0.4, -0.2) is 55.4 Å². The lowest BCUT2D eigenvalue weighted by molar-refractivity contribution is -0.118. The molecule has 9 nitrogen and oxygen atoms in total. The number of hydrogen-bond donors (Lipinski definition) is 3. The fourth-order valence-corrected chi connectivity index (χ4v) is 6.13. The van der Waals surface area contributed by atoms with Crippen molar-refractivity contribution in [2.75, 3.05) is 13.3 Å². The fraction of sp³-hybridized carbons (Fsp3) is 0.519. The SMILES string of the molecule is CC(C)CN(C(O)CC(Cc1ccccc1)NC(C)CCCC(N)=O)S(=O)(=O)c1ccc2c(c1)OCO2.Cl. The normalized spacial score (nSPS) is 15.2. The Morgan fingerprint density at radius 3 is 2.45 bits per heavy atom. The number of nitrogens with one attached hydrogen (secondary N) is 1. The third-order valence-electron chi connectivity index (χ3n) is 6.23. The molecule has 1 amide bonds. The first-order valence-electron chi connectivity index (χ1n) is 12.7. The summed E-state index contributed by atoms with van der Waals surface area (Å²) in [5.74, 6) is 0.522. The van der Waals surface area contributed by atoms with Gasteiger partial charge in [0, 0.05) is 37.5 Å². The molecule has 1 aliphatic heterocycles. The van der Waals surface area contributed by atoms with Gasteiger partial charge in [-0.15, -0.1) is 12.4 Å². The Bertz CT molecular complexity index is 1130. The quantitative estimate of drug-likeness (QED) is 0.280. The molecule has 3 atom stereocenters. The number of halogens is 1. The average molecular weight is 570 g/mol. The number of aliphatic hydroxyl groups is 1. The highest BCUT2D eigenvalue weighted by molar-refractivity contribution is 7.89. The van der Waals surface area contributed by atoms with Gasteiger partial charge >= 0.3 is 0 Å². The second kappa shape index (κ2) is 14.7. The summed E-state index contributed by atoms with van der Waals surface area (Å²) in [6.45, 7) is 6.04. The summed E-state index contributed by atoms with van der Waals surface area (Å²) in [6, 6.07) is 14.2. The monoisotopic (exact) mass is 569 g/mol. The van der Waals surface area contributed by atoms with Gasteiger partial charge < -0.3 is 25.6 Å². The van der Waals surface area contributed by atoms with Gasteiger partial charge in [0.25, 0.3) is 0 Å². The zero-order valence-electron chi connectivity index (χ0n) is 22.2. The molecule has 0 saturated heterocycles. The van der Waals surface area contributed by atoms with Gasteiger partial charge in [0.2, 0.25) is 22.7 Å². The lowest BCUT2D eigenvalue weighted by Gasteiger charge is -2.32. The lowest BCUT2D eigenvalue weighted by Crippen LogP contribution is -2.48. The molecule has 3 unspecified atom stereocenters. The first kappa shape index (κ1) is 31.8. The fourth-order valence-electron chi connectivity index (χ4n) is 4.46. The van der Waals surface area contributed by atoms with E-state index in [4.69, 9.17) is 15.2 Å². The van der Waals surface area contributed by atoms with E-state index in [9.17, 15) is 18.3 Å². The van der Waals surface area contributed by atoms with E-state index < -0.39 is 16.3 Å². The first-order chi connectivity index (χ1) is 17.6. The molecule has 1 heterocycles. The summed E-state index contributed by atoms with van der Waals surface area (Å²) in [7, 11) is -4.02. The van der Waals surface area contributed by atoms with E-state index in [1.54, 1.807) is 6.07 Å². The van der Waals surface area contributed by atoms with Crippen molar-refractivity contribution in [1.82, 2.24) is 9.62 Å². The zero-order valence-corrected chi connectivity index (χ0v) is 23.8. The maximum absolute atomic E-state index is 13.7. The predicted molar refractivity (Wildman–Crippen MR) is 149 cm³/mol. The van der Waals surface area contributed by atoms with Gasteiger partial charge in [-0.05, 0) is 49.8 Å². The molecule has 0 fully saturated rings. The summed E-state index contributed by atoms with van der Waals surface area (Å²) < 4.78 is 39.2. The number of primary amides is 1.